The molecule has 0 unspecified atom stereocenters. The molecule has 0 aliphatic heterocycles. The van der Waals surface area contributed by atoms with Gasteiger partial charge in [-0.1, -0.05) is 35.5 Å². The lowest BCUT2D eigenvalue weighted by molar-refractivity contribution is -0.146. The fourth-order valence-electron chi connectivity index (χ4n) is 1.50. The van der Waals surface area contributed by atoms with Crippen molar-refractivity contribution in [2.45, 2.75) is 20.1 Å². The smallest absolute Gasteiger partial charge is 0.329 e. The van der Waals surface area contributed by atoms with Crippen molar-refractivity contribution < 1.29 is 23.7 Å². The molecule has 0 aliphatic carbocycles. The molecule has 21 heavy (non-hydrogen) atoms. The molecule has 1 amide bonds. The van der Waals surface area contributed by atoms with E-state index in [0.29, 0.717) is 12.4 Å². The normalized spacial score (nSPS) is 10.1. The summed E-state index contributed by atoms with van der Waals surface area (Å²) in [6.45, 7) is 1.78. The summed E-state index contributed by atoms with van der Waals surface area (Å²) in [7, 11) is 0. The van der Waals surface area contributed by atoms with Crippen molar-refractivity contribution >= 4 is 11.9 Å². The van der Waals surface area contributed by atoms with Gasteiger partial charge in [0.25, 0.3) is 0 Å². The number of ether oxygens (including phenoxy) is 1. The quantitative estimate of drug-likeness (QED) is 0.841. The maximum absolute atomic E-state index is 11.5. The Morgan fingerprint density at radius 2 is 2.00 bits per heavy atom. The Balaban J connectivity index is 1.80. The van der Waals surface area contributed by atoms with Gasteiger partial charge >= 0.3 is 11.9 Å². The van der Waals surface area contributed by atoms with E-state index in [1.165, 1.54) is 13.0 Å². The Morgan fingerprint density at radius 3 is 2.71 bits per heavy atom. The van der Waals surface area contributed by atoms with Crippen LogP contribution in [0.5, 0.6) is 0 Å². The van der Waals surface area contributed by atoms with E-state index in [-0.39, 0.29) is 12.3 Å². The summed E-state index contributed by atoms with van der Waals surface area (Å²) < 4.78 is 10.4. The number of hydrogen-bond donors (Lipinski definition) is 1. The van der Waals surface area contributed by atoms with Crippen molar-refractivity contribution in [2.24, 2.45) is 0 Å². The van der Waals surface area contributed by atoms with Crippen LogP contribution < -0.4 is 5.48 Å². The Kier molecular flexibility index (Phi) is 5.05. The second kappa shape index (κ2) is 7.20. The molecule has 0 fully saturated rings. The van der Waals surface area contributed by atoms with Crippen LogP contribution in [0.15, 0.2) is 40.9 Å². The average Bonchev–Trinajstić information content (AvgIpc) is 2.95. The van der Waals surface area contributed by atoms with Crippen LogP contribution in [-0.4, -0.2) is 17.0 Å². The van der Waals surface area contributed by atoms with Gasteiger partial charge in [-0.3, -0.25) is 9.59 Å². The number of benzene rings is 1. The summed E-state index contributed by atoms with van der Waals surface area (Å²) in [6, 6.07) is 11.1. The molecule has 0 atom stereocenters. The molecule has 1 N–H and O–H groups in total. The predicted octanol–water partition coefficient (Wildman–Crippen LogP) is 1.60. The first-order valence-electron chi connectivity index (χ1n) is 6.20. The fourth-order valence-corrected chi connectivity index (χ4v) is 1.50. The first kappa shape index (κ1) is 14.7. The lowest BCUT2D eigenvalue weighted by atomic mass is 10.2. The van der Waals surface area contributed by atoms with Crippen molar-refractivity contribution in [1.29, 1.82) is 0 Å². The molecule has 110 valence electrons. The van der Waals surface area contributed by atoms with Crippen LogP contribution in [-0.2, 0) is 27.6 Å². The van der Waals surface area contributed by atoms with Gasteiger partial charge in [-0.2, -0.15) is 5.48 Å². The lowest BCUT2D eigenvalue weighted by Crippen LogP contribution is -2.26. The van der Waals surface area contributed by atoms with Crippen LogP contribution in [0.3, 0.4) is 0 Å². The van der Waals surface area contributed by atoms with E-state index < -0.39 is 11.9 Å². The number of hydroxylamine groups is 1. The molecule has 7 nitrogen and oxygen atoms in total. The van der Waals surface area contributed by atoms with E-state index in [4.69, 9.17) is 9.26 Å². The number of amides is 1. The molecule has 2 aromatic rings. The molecular formula is C14H14N2O5. The van der Waals surface area contributed by atoms with Crippen LogP contribution in [0.2, 0.25) is 0 Å². The third-order valence-corrected chi connectivity index (χ3v) is 2.43. The summed E-state index contributed by atoms with van der Waals surface area (Å²) in [5.74, 6) is -0.888. The van der Waals surface area contributed by atoms with Crippen molar-refractivity contribution in [3.8, 4) is 0 Å². The average molecular weight is 290 g/mol. The molecule has 7 heteroatoms. The van der Waals surface area contributed by atoms with Gasteiger partial charge in [-0.15, -0.1) is 0 Å². The van der Waals surface area contributed by atoms with E-state index in [1.807, 2.05) is 35.8 Å². The predicted molar refractivity (Wildman–Crippen MR) is 70.7 cm³/mol. The zero-order valence-electron chi connectivity index (χ0n) is 11.4. The summed E-state index contributed by atoms with van der Waals surface area (Å²) in [4.78, 5) is 26.4. The van der Waals surface area contributed by atoms with Gasteiger partial charge in [-0.05, 0) is 5.56 Å². The molecular weight excluding hydrogens is 276 g/mol. The van der Waals surface area contributed by atoms with Gasteiger partial charge in [0.2, 0.25) is 0 Å². The highest BCUT2D eigenvalue weighted by Gasteiger charge is 2.13. The van der Waals surface area contributed by atoms with E-state index in [1.54, 1.807) is 0 Å². The second-order valence-electron chi connectivity index (χ2n) is 4.18. The van der Waals surface area contributed by atoms with Crippen LogP contribution in [0.1, 0.15) is 28.7 Å². The summed E-state index contributed by atoms with van der Waals surface area (Å²) >= 11 is 0. The third kappa shape index (κ3) is 4.73. The zero-order valence-corrected chi connectivity index (χ0v) is 11.4. The summed E-state index contributed by atoms with van der Waals surface area (Å²) in [5.41, 5.74) is 2.98. The van der Waals surface area contributed by atoms with E-state index >= 15 is 0 Å². The van der Waals surface area contributed by atoms with Gasteiger partial charge in [0.1, 0.15) is 6.61 Å². The minimum atomic E-state index is -0.664. The number of carbonyl (C=O) groups excluding carboxylic acids is 2. The molecule has 2 rings (SSSR count). The molecule has 0 spiro atoms. The fraction of sp³-hybridized carbons (Fsp3) is 0.214. The maximum atomic E-state index is 11.5. The zero-order chi connectivity index (χ0) is 15.1. The number of carbonyl (C=O) groups is 2. The molecule has 0 bridgehead atoms. The first-order valence-corrected chi connectivity index (χ1v) is 6.20. The largest absolute Gasteiger partial charge is 0.369 e. The molecule has 0 saturated carbocycles. The van der Waals surface area contributed by atoms with E-state index in [9.17, 15) is 9.59 Å². The van der Waals surface area contributed by atoms with Crippen molar-refractivity contribution in [3.05, 3.63) is 53.4 Å². The monoisotopic (exact) mass is 290 g/mol. The van der Waals surface area contributed by atoms with E-state index in [0.717, 1.165) is 5.56 Å². The van der Waals surface area contributed by atoms with Crippen molar-refractivity contribution in [3.63, 3.8) is 0 Å². The lowest BCUT2D eigenvalue weighted by Gasteiger charge is -2.01. The van der Waals surface area contributed by atoms with Crippen molar-refractivity contribution in [2.75, 3.05) is 0 Å². The van der Waals surface area contributed by atoms with Crippen LogP contribution in [0, 0.1) is 0 Å². The number of hydrogen-bond acceptors (Lipinski definition) is 6. The molecule has 0 aliphatic rings. The number of rotatable bonds is 5. The Hall–Kier alpha value is -2.67. The minimum absolute atomic E-state index is 0.00885. The van der Waals surface area contributed by atoms with Gasteiger partial charge < -0.3 is 14.1 Å². The van der Waals surface area contributed by atoms with Crippen LogP contribution in [0.25, 0.3) is 0 Å². The van der Waals surface area contributed by atoms with Crippen LogP contribution >= 0.6 is 0 Å². The Labute approximate surface area is 120 Å². The SMILES string of the molecule is CC(=O)ONC(=O)c1cc(COCc2ccccc2)on1. The molecule has 1 aromatic carbocycles. The Morgan fingerprint density at radius 1 is 1.24 bits per heavy atom. The standard InChI is InChI=1S/C14H14N2O5/c1-10(17)20-16-14(18)13-7-12(21-15-13)9-19-8-11-5-3-2-4-6-11/h2-7H,8-9H2,1H3,(H,16,18). The number of nitrogens with one attached hydrogen (secondary N) is 1. The number of aromatic nitrogens is 1. The summed E-state index contributed by atoms with van der Waals surface area (Å²) in [6.07, 6.45) is 0. The van der Waals surface area contributed by atoms with Gasteiger partial charge in [-0.25, -0.2) is 0 Å². The Bertz CT molecular complexity index is 609. The van der Waals surface area contributed by atoms with Gasteiger partial charge in [0.05, 0.1) is 6.61 Å². The van der Waals surface area contributed by atoms with E-state index in [2.05, 4.69) is 9.99 Å². The third-order valence-electron chi connectivity index (χ3n) is 2.43. The first-order chi connectivity index (χ1) is 10.1. The molecule has 1 heterocycles. The highest BCUT2D eigenvalue weighted by atomic mass is 16.7. The van der Waals surface area contributed by atoms with Gasteiger partial charge in [0, 0.05) is 13.0 Å². The maximum Gasteiger partial charge on any atom is 0.329 e. The van der Waals surface area contributed by atoms with Gasteiger partial charge in [0.15, 0.2) is 11.5 Å². The highest BCUT2D eigenvalue weighted by Crippen LogP contribution is 2.08. The summed E-state index contributed by atoms with van der Waals surface area (Å²) in [5, 5.41) is 3.56. The minimum Gasteiger partial charge on any atom is -0.369 e. The molecule has 0 radical (unpaired) electrons. The van der Waals surface area contributed by atoms with Crippen molar-refractivity contribution in [1.82, 2.24) is 10.6 Å². The highest BCUT2D eigenvalue weighted by molar-refractivity contribution is 5.92. The molecule has 1 aromatic heterocycles. The molecule has 0 saturated heterocycles. The number of nitrogens with zero attached hydrogens (tertiary/aromatic N) is 1. The van der Waals surface area contributed by atoms with Crippen LogP contribution in [0.4, 0.5) is 0 Å². The second-order valence-corrected chi connectivity index (χ2v) is 4.18. The topological polar surface area (TPSA) is 90.7 Å².